The molecule has 4 aliphatic rings. The number of fused-ring (bicyclic) bond motifs is 5. The highest BCUT2D eigenvalue weighted by Crippen LogP contribution is 2.68. The number of carboxylic acids is 1. The van der Waals surface area contributed by atoms with Crippen molar-refractivity contribution >= 4 is 5.97 Å². The van der Waals surface area contributed by atoms with Crippen molar-refractivity contribution in [2.75, 3.05) is 7.11 Å². The summed E-state index contributed by atoms with van der Waals surface area (Å²) in [6.07, 6.45) is 15.2. The second kappa shape index (κ2) is 6.25. The maximum atomic E-state index is 11.2. The molecule has 0 bridgehead atoms. The van der Waals surface area contributed by atoms with Gasteiger partial charge in [-0.25, -0.2) is 0 Å². The summed E-state index contributed by atoms with van der Waals surface area (Å²) in [7, 11) is 1.78. The molecule has 0 aromatic carbocycles. The standard InChI is InChI=1S/C24H34O3/c1-22(12-10-21(25)26)11-8-20-18-6-5-16-15-17(27-4)7-13-23(16,2)19(18)9-14-24(20,22)3/h5,9,15,18,20H,6-8,10-14H2,1-4H3,(H,25,26)/t18?,20?,22-,23?,24-/m0/s1. The van der Waals surface area contributed by atoms with Crippen LogP contribution in [0, 0.1) is 28.1 Å². The van der Waals surface area contributed by atoms with Crippen LogP contribution in [0.2, 0.25) is 0 Å². The van der Waals surface area contributed by atoms with Gasteiger partial charge >= 0.3 is 5.97 Å². The van der Waals surface area contributed by atoms with E-state index in [0.29, 0.717) is 18.3 Å². The predicted octanol–water partition coefficient (Wildman–Crippen LogP) is 5.88. The van der Waals surface area contributed by atoms with Crippen LogP contribution in [0.5, 0.6) is 0 Å². The molecule has 27 heavy (non-hydrogen) atoms. The zero-order chi connectivity index (χ0) is 19.4. The Bertz CT molecular complexity index is 745. The number of ether oxygens (including phenoxy) is 1. The van der Waals surface area contributed by atoms with Gasteiger partial charge in [0.05, 0.1) is 12.9 Å². The summed E-state index contributed by atoms with van der Waals surface area (Å²) < 4.78 is 5.53. The van der Waals surface area contributed by atoms with Crippen LogP contribution in [0.4, 0.5) is 0 Å². The highest BCUT2D eigenvalue weighted by molar-refractivity contribution is 5.66. The van der Waals surface area contributed by atoms with Crippen molar-refractivity contribution in [2.45, 2.75) is 72.1 Å². The Morgan fingerprint density at radius 1 is 1.26 bits per heavy atom. The topological polar surface area (TPSA) is 46.5 Å². The molecular weight excluding hydrogens is 336 g/mol. The lowest BCUT2D eigenvalue weighted by Gasteiger charge is -2.54. The average Bonchev–Trinajstić information content (AvgIpc) is 2.91. The molecule has 5 atom stereocenters. The summed E-state index contributed by atoms with van der Waals surface area (Å²) in [4.78, 5) is 11.2. The highest BCUT2D eigenvalue weighted by atomic mass is 16.5. The number of aliphatic carboxylic acids is 1. The minimum absolute atomic E-state index is 0.138. The Labute approximate surface area is 163 Å². The van der Waals surface area contributed by atoms with Gasteiger partial charge in [0.25, 0.3) is 0 Å². The summed E-state index contributed by atoms with van der Waals surface area (Å²) in [6.45, 7) is 7.24. The molecule has 0 aliphatic heterocycles. The fourth-order valence-corrected chi connectivity index (χ4v) is 6.91. The van der Waals surface area contributed by atoms with Gasteiger partial charge < -0.3 is 9.84 Å². The van der Waals surface area contributed by atoms with Crippen molar-refractivity contribution < 1.29 is 14.6 Å². The minimum atomic E-state index is -0.656. The van der Waals surface area contributed by atoms with E-state index < -0.39 is 5.97 Å². The molecule has 4 aliphatic carbocycles. The Hall–Kier alpha value is -1.51. The normalized spacial score (nSPS) is 42.9. The summed E-state index contributed by atoms with van der Waals surface area (Å²) in [5.74, 6) is 1.76. The Balaban J connectivity index is 1.66. The third-order valence-corrected chi connectivity index (χ3v) is 9.04. The minimum Gasteiger partial charge on any atom is -0.501 e. The van der Waals surface area contributed by atoms with Crippen molar-refractivity contribution in [2.24, 2.45) is 28.1 Å². The van der Waals surface area contributed by atoms with Crippen molar-refractivity contribution in [3.63, 3.8) is 0 Å². The Morgan fingerprint density at radius 2 is 2.04 bits per heavy atom. The molecule has 3 heteroatoms. The zero-order valence-corrected chi connectivity index (χ0v) is 17.3. The van der Waals surface area contributed by atoms with Crippen LogP contribution in [0.3, 0.4) is 0 Å². The molecular formula is C24H34O3. The molecule has 4 rings (SSSR count). The molecule has 0 radical (unpaired) electrons. The summed E-state index contributed by atoms with van der Waals surface area (Å²) in [5.41, 5.74) is 3.63. The van der Waals surface area contributed by atoms with Gasteiger partial charge in [-0.15, -0.1) is 0 Å². The average molecular weight is 371 g/mol. The number of allylic oxidation sites excluding steroid dienone is 6. The second-order valence-electron chi connectivity index (χ2n) is 10.0. The van der Waals surface area contributed by atoms with Gasteiger partial charge in [0, 0.05) is 18.3 Å². The van der Waals surface area contributed by atoms with E-state index in [9.17, 15) is 9.90 Å². The van der Waals surface area contributed by atoms with Gasteiger partial charge in [0.2, 0.25) is 0 Å². The largest absolute Gasteiger partial charge is 0.501 e. The first-order valence-corrected chi connectivity index (χ1v) is 10.6. The van der Waals surface area contributed by atoms with E-state index in [4.69, 9.17) is 4.74 Å². The Kier molecular flexibility index (Phi) is 4.36. The van der Waals surface area contributed by atoms with E-state index in [0.717, 1.165) is 37.9 Å². The van der Waals surface area contributed by atoms with Crippen LogP contribution in [-0.2, 0) is 9.53 Å². The summed E-state index contributed by atoms with van der Waals surface area (Å²) in [6, 6.07) is 0. The molecule has 3 unspecified atom stereocenters. The van der Waals surface area contributed by atoms with Crippen LogP contribution in [0.1, 0.15) is 72.1 Å². The lowest BCUT2D eigenvalue weighted by Crippen LogP contribution is -2.46. The van der Waals surface area contributed by atoms with E-state index >= 15 is 0 Å². The van der Waals surface area contributed by atoms with Crippen molar-refractivity contribution in [3.8, 4) is 0 Å². The molecule has 0 heterocycles. The zero-order valence-electron chi connectivity index (χ0n) is 17.3. The summed E-state index contributed by atoms with van der Waals surface area (Å²) >= 11 is 0. The summed E-state index contributed by atoms with van der Waals surface area (Å²) in [5, 5.41) is 9.23. The fourth-order valence-electron chi connectivity index (χ4n) is 6.91. The number of carboxylic acid groups (broad SMARTS) is 1. The van der Waals surface area contributed by atoms with E-state index in [-0.39, 0.29) is 16.2 Å². The van der Waals surface area contributed by atoms with E-state index in [2.05, 4.69) is 39.0 Å². The molecule has 1 fully saturated rings. The van der Waals surface area contributed by atoms with Gasteiger partial charge in [-0.3, -0.25) is 4.79 Å². The van der Waals surface area contributed by atoms with Gasteiger partial charge in [-0.2, -0.15) is 0 Å². The lowest BCUT2D eigenvalue weighted by molar-refractivity contribution is -0.138. The van der Waals surface area contributed by atoms with Crippen molar-refractivity contribution in [3.05, 3.63) is 35.1 Å². The number of methoxy groups -OCH3 is 1. The van der Waals surface area contributed by atoms with Crippen LogP contribution in [0.15, 0.2) is 35.1 Å². The third kappa shape index (κ3) is 2.64. The Morgan fingerprint density at radius 3 is 2.74 bits per heavy atom. The maximum absolute atomic E-state index is 11.2. The van der Waals surface area contributed by atoms with Crippen LogP contribution in [-0.4, -0.2) is 18.2 Å². The monoisotopic (exact) mass is 370 g/mol. The highest BCUT2D eigenvalue weighted by Gasteiger charge is 2.59. The van der Waals surface area contributed by atoms with Gasteiger partial charge in [0.15, 0.2) is 0 Å². The molecule has 148 valence electrons. The molecule has 1 saturated carbocycles. The number of carbonyl (C=O) groups is 1. The van der Waals surface area contributed by atoms with Crippen LogP contribution in [0.25, 0.3) is 0 Å². The molecule has 0 amide bonds. The van der Waals surface area contributed by atoms with Crippen LogP contribution >= 0.6 is 0 Å². The van der Waals surface area contributed by atoms with Crippen molar-refractivity contribution in [1.29, 1.82) is 0 Å². The molecule has 0 aromatic rings. The first-order valence-electron chi connectivity index (χ1n) is 10.6. The lowest BCUT2D eigenvalue weighted by atomic mass is 9.50. The number of hydrogen-bond acceptors (Lipinski definition) is 2. The SMILES string of the molecule is COC1=CC2=CCC3C(=CC[C@@]4(C)C3CC[C@@]4(C)CCC(=O)O)C2(C)CC1. The fraction of sp³-hybridized carbons (Fsp3) is 0.708. The molecule has 3 nitrogen and oxygen atoms in total. The van der Waals surface area contributed by atoms with Gasteiger partial charge in [-0.1, -0.05) is 38.5 Å². The molecule has 0 aromatic heterocycles. The van der Waals surface area contributed by atoms with E-state index in [1.165, 1.54) is 18.4 Å². The molecule has 0 spiro atoms. The van der Waals surface area contributed by atoms with E-state index in [1.54, 1.807) is 12.7 Å². The maximum Gasteiger partial charge on any atom is 0.303 e. The van der Waals surface area contributed by atoms with Crippen LogP contribution < -0.4 is 0 Å². The first kappa shape index (κ1) is 18.8. The predicted molar refractivity (Wildman–Crippen MR) is 107 cm³/mol. The molecule has 0 saturated heterocycles. The van der Waals surface area contributed by atoms with E-state index in [1.807, 2.05) is 0 Å². The quantitative estimate of drug-likeness (QED) is 0.629. The second-order valence-corrected chi connectivity index (χ2v) is 10.0. The third-order valence-electron chi connectivity index (χ3n) is 9.04. The number of rotatable bonds is 4. The van der Waals surface area contributed by atoms with Gasteiger partial charge in [-0.05, 0) is 72.8 Å². The van der Waals surface area contributed by atoms with Gasteiger partial charge in [0.1, 0.15) is 0 Å². The molecule has 1 N–H and O–H groups in total. The van der Waals surface area contributed by atoms with Crippen molar-refractivity contribution in [1.82, 2.24) is 0 Å². The first-order chi connectivity index (χ1) is 12.7. The smallest absolute Gasteiger partial charge is 0.303 e. The number of hydrogen-bond donors (Lipinski definition) is 1.